The minimum absolute atomic E-state index is 0.121. The van der Waals surface area contributed by atoms with Crippen LogP contribution in [0.4, 0.5) is 0 Å². The van der Waals surface area contributed by atoms with Gasteiger partial charge >= 0.3 is 0 Å². The Kier molecular flexibility index (Phi) is 2.14. The third-order valence-electron chi connectivity index (χ3n) is 2.00. The molecule has 15 heavy (non-hydrogen) atoms. The quantitative estimate of drug-likeness (QED) is 0.766. The van der Waals surface area contributed by atoms with E-state index in [1.54, 1.807) is 6.07 Å². The van der Waals surface area contributed by atoms with Crippen molar-refractivity contribution in [1.82, 2.24) is 4.98 Å². The van der Waals surface area contributed by atoms with E-state index in [0.717, 1.165) is 5.76 Å². The molecular weight excluding hydrogens is 192 g/mol. The normalized spacial score (nSPS) is 9.87. The second-order valence-corrected chi connectivity index (χ2v) is 3.11. The SMILES string of the molecule is Cc1ccc(-c2cc(C#N)c(O)cn2)o1. The largest absolute Gasteiger partial charge is 0.505 e. The molecule has 0 saturated carbocycles. The molecule has 74 valence electrons. The van der Waals surface area contributed by atoms with Crippen molar-refractivity contribution in [2.24, 2.45) is 0 Å². The van der Waals surface area contributed by atoms with Gasteiger partial charge in [0.1, 0.15) is 17.5 Å². The van der Waals surface area contributed by atoms with Crippen molar-refractivity contribution in [3.05, 3.63) is 35.7 Å². The molecular formula is C11H8N2O2. The van der Waals surface area contributed by atoms with Crippen LogP contribution in [-0.4, -0.2) is 10.1 Å². The minimum Gasteiger partial charge on any atom is -0.505 e. The molecule has 0 aliphatic heterocycles. The van der Waals surface area contributed by atoms with Gasteiger partial charge in [0, 0.05) is 0 Å². The van der Waals surface area contributed by atoms with E-state index in [1.165, 1.54) is 12.3 Å². The first-order chi connectivity index (χ1) is 7.20. The smallest absolute Gasteiger partial charge is 0.152 e. The molecule has 2 rings (SSSR count). The summed E-state index contributed by atoms with van der Waals surface area (Å²) in [5.41, 5.74) is 0.728. The Morgan fingerprint density at radius 3 is 2.87 bits per heavy atom. The topological polar surface area (TPSA) is 70.0 Å². The highest BCUT2D eigenvalue weighted by molar-refractivity contribution is 5.57. The summed E-state index contributed by atoms with van der Waals surface area (Å²) in [5.74, 6) is 1.24. The third-order valence-corrected chi connectivity index (χ3v) is 2.00. The maximum absolute atomic E-state index is 9.27. The zero-order valence-electron chi connectivity index (χ0n) is 8.06. The number of aromatic hydroxyl groups is 1. The average molecular weight is 200 g/mol. The summed E-state index contributed by atoms with van der Waals surface area (Å²) < 4.78 is 5.36. The van der Waals surface area contributed by atoms with Crippen molar-refractivity contribution in [1.29, 1.82) is 5.26 Å². The van der Waals surface area contributed by atoms with E-state index in [0.29, 0.717) is 11.5 Å². The van der Waals surface area contributed by atoms with Crippen molar-refractivity contribution in [3.8, 4) is 23.3 Å². The van der Waals surface area contributed by atoms with Crippen LogP contribution in [0.25, 0.3) is 11.5 Å². The van der Waals surface area contributed by atoms with Gasteiger partial charge in [-0.1, -0.05) is 0 Å². The number of aromatic nitrogens is 1. The molecule has 0 unspecified atom stereocenters. The van der Waals surface area contributed by atoms with Gasteiger partial charge in [-0.2, -0.15) is 5.26 Å². The molecule has 0 aliphatic carbocycles. The van der Waals surface area contributed by atoms with Crippen LogP contribution in [0.15, 0.2) is 28.8 Å². The van der Waals surface area contributed by atoms with Crippen LogP contribution in [-0.2, 0) is 0 Å². The van der Waals surface area contributed by atoms with Crippen molar-refractivity contribution >= 4 is 0 Å². The number of rotatable bonds is 1. The molecule has 1 N–H and O–H groups in total. The number of pyridine rings is 1. The lowest BCUT2D eigenvalue weighted by Gasteiger charge is -1.98. The number of aryl methyl sites for hydroxylation is 1. The number of furan rings is 1. The van der Waals surface area contributed by atoms with E-state index < -0.39 is 0 Å². The summed E-state index contributed by atoms with van der Waals surface area (Å²) in [5, 5.41) is 18.0. The van der Waals surface area contributed by atoms with Crippen LogP contribution in [0.3, 0.4) is 0 Å². The van der Waals surface area contributed by atoms with E-state index in [-0.39, 0.29) is 11.3 Å². The first-order valence-corrected chi connectivity index (χ1v) is 4.36. The van der Waals surface area contributed by atoms with Crippen LogP contribution in [0, 0.1) is 18.3 Å². The van der Waals surface area contributed by atoms with Crippen LogP contribution in [0.5, 0.6) is 5.75 Å². The third kappa shape index (κ3) is 1.67. The fourth-order valence-electron chi connectivity index (χ4n) is 1.24. The number of nitriles is 1. The second kappa shape index (κ2) is 3.46. The van der Waals surface area contributed by atoms with E-state index in [1.807, 2.05) is 19.1 Å². The molecule has 2 aromatic rings. The monoisotopic (exact) mass is 200 g/mol. The van der Waals surface area contributed by atoms with Gasteiger partial charge in [-0.25, -0.2) is 4.98 Å². The molecule has 0 saturated heterocycles. The highest BCUT2D eigenvalue weighted by atomic mass is 16.3. The van der Waals surface area contributed by atoms with Gasteiger partial charge in [-0.05, 0) is 25.1 Å². The highest BCUT2D eigenvalue weighted by Crippen LogP contribution is 2.24. The fraction of sp³-hybridized carbons (Fsp3) is 0.0909. The summed E-state index contributed by atoms with van der Waals surface area (Å²) in [4.78, 5) is 3.98. The second-order valence-electron chi connectivity index (χ2n) is 3.11. The molecule has 0 amide bonds. The highest BCUT2D eigenvalue weighted by Gasteiger charge is 2.07. The zero-order valence-corrected chi connectivity index (χ0v) is 8.06. The summed E-state index contributed by atoms with van der Waals surface area (Å²) in [6.45, 7) is 1.83. The van der Waals surface area contributed by atoms with Gasteiger partial charge in [-0.15, -0.1) is 0 Å². The Morgan fingerprint density at radius 1 is 1.47 bits per heavy atom. The Bertz CT molecular complexity index is 538. The minimum atomic E-state index is -0.121. The molecule has 0 fully saturated rings. The molecule has 4 nitrogen and oxygen atoms in total. The summed E-state index contributed by atoms with van der Waals surface area (Å²) in [6, 6.07) is 6.96. The summed E-state index contributed by atoms with van der Waals surface area (Å²) in [7, 11) is 0. The van der Waals surface area contributed by atoms with Gasteiger partial charge in [0.25, 0.3) is 0 Å². The molecule has 0 atom stereocenters. The van der Waals surface area contributed by atoms with E-state index >= 15 is 0 Å². The lowest BCUT2D eigenvalue weighted by molar-refractivity contribution is 0.470. The molecule has 2 aromatic heterocycles. The van der Waals surface area contributed by atoms with Gasteiger partial charge in [0.05, 0.1) is 11.8 Å². The predicted octanol–water partition coefficient (Wildman–Crippen LogP) is 2.23. The molecule has 0 aromatic carbocycles. The zero-order chi connectivity index (χ0) is 10.8. The Balaban J connectivity index is 2.51. The summed E-state index contributed by atoms with van der Waals surface area (Å²) in [6.07, 6.45) is 1.24. The fourth-order valence-corrected chi connectivity index (χ4v) is 1.24. The van der Waals surface area contributed by atoms with Crippen LogP contribution in [0.2, 0.25) is 0 Å². The maximum atomic E-state index is 9.27. The van der Waals surface area contributed by atoms with E-state index in [9.17, 15) is 5.11 Å². The van der Waals surface area contributed by atoms with Crippen LogP contribution >= 0.6 is 0 Å². The average Bonchev–Trinajstić information content (AvgIpc) is 2.66. The van der Waals surface area contributed by atoms with Crippen molar-refractivity contribution in [3.63, 3.8) is 0 Å². The van der Waals surface area contributed by atoms with Crippen LogP contribution < -0.4 is 0 Å². The Hall–Kier alpha value is -2.28. The first-order valence-electron chi connectivity index (χ1n) is 4.36. The number of hydrogen-bond acceptors (Lipinski definition) is 4. The van der Waals surface area contributed by atoms with Gasteiger partial charge in [-0.3, -0.25) is 0 Å². The Morgan fingerprint density at radius 2 is 2.27 bits per heavy atom. The standard InChI is InChI=1S/C11H8N2O2/c1-7-2-3-11(15-7)9-4-8(5-12)10(14)6-13-9/h2-4,6,14H,1H3. The summed E-state index contributed by atoms with van der Waals surface area (Å²) >= 11 is 0. The predicted molar refractivity (Wildman–Crippen MR) is 53.1 cm³/mol. The van der Waals surface area contributed by atoms with Crippen LogP contribution in [0.1, 0.15) is 11.3 Å². The van der Waals surface area contributed by atoms with Gasteiger partial charge in [0.15, 0.2) is 11.5 Å². The Labute approximate surface area is 86.4 Å². The number of hydrogen-bond donors (Lipinski definition) is 1. The van der Waals surface area contributed by atoms with E-state index in [4.69, 9.17) is 9.68 Å². The molecule has 0 spiro atoms. The molecule has 0 aliphatic rings. The van der Waals surface area contributed by atoms with Gasteiger partial charge < -0.3 is 9.52 Å². The first kappa shape index (κ1) is 9.28. The number of nitrogens with zero attached hydrogens (tertiary/aromatic N) is 2. The molecule has 4 heteroatoms. The van der Waals surface area contributed by atoms with Crippen molar-refractivity contribution < 1.29 is 9.52 Å². The van der Waals surface area contributed by atoms with Crippen molar-refractivity contribution in [2.75, 3.05) is 0 Å². The maximum Gasteiger partial charge on any atom is 0.152 e. The van der Waals surface area contributed by atoms with E-state index in [2.05, 4.69) is 4.98 Å². The molecule has 0 radical (unpaired) electrons. The molecule has 2 heterocycles. The van der Waals surface area contributed by atoms with Crippen molar-refractivity contribution in [2.45, 2.75) is 6.92 Å². The lowest BCUT2D eigenvalue weighted by Crippen LogP contribution is -1.84. The van der Waals surface area contributed by atoms with Gasteiger partial charge in [0.2, 0.25) is 0 Å². The lowest BCUT2D eigenvalue weighted by atomic mass is 10.2. The molecule has 0 bridgehead atoms.